The Morgan fingerprint density at radius 1 is 1.32 bits per heavy atom. The third-order valence-corrected chi connectivity index (χ3v) is 4.82. The number of fused-ring (bicyclic) bond motifs is 1. The molecule has 0 aliphatic carbocycles. The van der Waals surface area contributed by atoms with E-state index in [4.69, 9.17) is 5.73 Å². The van der Waals surface area contributed by atoms with Gasteiger partial charge in [0.25, 0.3) is 0 Å². The van der Waals surface area contributed by atoms with Gasteiger partial charge < -0.3 is 10.6 Å². The van der Waals surface area contributed by atoms with Crippen molar-refractivity contribution >= 4 is 27.2 Å². The summed E-state index contributed by atoms with van der Waals surface area (Å²) in [6, 6.07) is 4.75. The molecule has 1 aliphatic rings. The van der Waals surface area contributed by atoms with Crippen LogP contribution in [-0.2, 0) is 0 Å². The Bertz CT molecular complexity index is 545. The lowest BCUT2D eigenvalue weighted by molar-refractivity contribution is 0.201. The lowest BCUT2D eigenvalue weighted by atomic mass is 10.2. The second-order valence-corrected chi connectivity index (χ2v) is 6.02. The Balaban J connectivity index is 1.76. The summed E-state index contributed by atoms with van der Waals surface area (Å²) in [5.74, 6) is 1.14. The van der Waals surface area contributed by atoms with Crippen LogP contribution in [0.4, 0.5) is 5.82 Å². The molecule has 1 fully saturated rings. The zero-order chi connectivity index (χ0) is 13.2. The first-order chi connectivity index (χ1) is 9.29. The fourth-order valence-corrected chi connectivity index (χ4v) is 3.43. The van der Waals surface area contributed by atoms with E-state index < -0.39 is 0 Å². The molecule has 2 N–H and O–H groups in total. The molecule has 1 saturated heterocycles. The molecular formula is C14H20N4S. The number of rotatable bonds is 3. The molecule has 2 aromatic rings. The van der Waals surface area contributed by atoms with Crippen molar-refractivity contribution in [2.45, 2.75) is 13.0 Å². The van der Waals surface area contributed by atoms with Crippen LogP contribution in [0, 0.1) is 0 Å². The van der Waals surface area contributed by atoms with E-state index >= 15 is 0 Å². The van der Waals surface area contributed by atoms with Crippen molar-refractivity contribution in [1.29, 1.82) is 0 Å². The average molecular weight is 276 g/mol. The number of pyridine rings is 1. The third kappa shape index (κ3) is 2.45. The summed E-state index contributed by atoms with van der Waals surface area (Å²) < 4.78 is 1.32. The van der Waals surface area contributed by atoms with E-state index in [0.29, 0.717) is 6.04 Å². The summed E-state index contributed by atoms with van der Waals surface area (Å²) in [7, 11) is 0. The summed E-state index contributed by atoms with van der Waals surface area (Å²) in [6.45, 7) is 7.14. The first kappa shape index (κ1) is 12.8. The molecule has 0 saturated carbocycles. The van der Waals surface area contributed by atoms with Gasteiger partial charge >= 0.3 is 0 Å². The van der Waals surface area contributed by atoms with Crippen molar-refractivity contribution in [3.63, 3.8) is 0 Å². The van der Waals surface area contributed by atoms with Crippen molar-refractivity contribution in [2.75, 3.05) is 37.6 Å². The Morgan fingerprint density at radius 2 is 2.11 bits per heavy atom. The molecule has 3 heterocycles. The van der Waals surface area contributed by atoms with E-state index in [1.807, 2.05) is 6.20 Å². The molecule has 1 aliphatic heterocycles. The maximum Gasteiger partial charge on any atom is 0.137 e. The van der Waals surface area contributed by atoms with E-state index in [1.165, 1.54) is 10.1 Å². The van der Waals surface area contributed by atoms with E-state index in [0.717, 1.165) is 38.5 Å². The molecule has 102 valence electrons. The van der Waals surface area contributed by atoms with Gasteiger partial charge in [-0.15, -0.1) is 11.3 Å². The van der Waals surface area contributed by atoms with Gasteiger partial charge in [0.15, 0.2) is 0 Å². The Kier molecular flexibility index (Phi) is 3.68. The second kappa shape index (κ2) is 5.45. The minimum absolute atomic E-state index is 0.479. The lowest BCUT2D eigenvalue weighted by Gasteiger charge is -2.38. The minimum Gasteiger partial charge on any atom is -0.354 e. The summed E-state index contributed by atoms with van der Waals surface area (Å²) >= 11 is 1.78. The highest BCUT2D eigenvalue weighted by molar-refractivity contribution is 7.17. The van der Waals surface area contributed by atoms with Crippen LogP contribution in [0.1, 0.15) is 6.92 Å². The van der Waals surface area contributed by atoms with Crippen molar-refractivity contribution in [1.82, 2.24) is 9.88 Å². The van der Waals surface area contributed by atoms with Crippen molar-refractivity contribution in [3.05, 3.63) is 23.7 Å². The number of thiophene rings is 1. The molecule has 1 atom stereocenters. The minimum atomic E-state index is 0.479. The van der Waals surface area contributed by atoms with Gasteiger partial charge in [0.1, 0.15) is 5.82 Å². The van der Waals surface area contributed by atoms with Gasteiger partial charge in [-0.3, -0.25) is 4.90 Å². The average Bonchev–Trinajstić information content (AvgIpc) is 2.95. The van der Waals surface area contributed by atoms with Crippen molar-refractivity contribution in [2.24, 2.45) is 5.73 Å². The number of hydrogen-bond donors (Lipinski definition) is 1. The number of nitrogens with two attached hydrogens (primary N) is 1. The summed E-state index contributed by atoms with van der Waals surface area (Å²) in [6.07, 6.45) is 1.92. The molecule has 0 spiro atoms. The van der Waals surface area contributed by atoms with Gasteiger partial charge in [0.05, 0.1) is 0 Å². The summed E-state index contributed by atoms with van der Waals surface area (Å²) in [4.78, 5) is 9.44. The second-order valence-electron chi connectivity index (χ2n) is 5.07. The largest absolute Gasteiger partial charge is 0.354 e. The molecule has 19 heavy (non-hydrogen) atoms. The number of aromatic nitrogens is 1. The van der Waals surface area contributed by atoms with Gasteiger partial charge in [-0.25, -0.2) is 4.98 Å². The normalized spacial score (nSPS) is 18.9. The zero-order valence-corrected chi connectivity index (χ0v) is 12.1. The smallest absolute Gasteiger partial charge is 0.137 e. The van der Waals surface area contributed by atoms with E-state index in [2.05, 4.69) is 39.2 Å². The van der Waals surface area contributed by atoms with Crippen LogP contribution in [0.25, 0.3) is 10.1 Å². The molecule has 3 rings (SSSR count). The molecular weight excluding hydrogens is 256 g/mol. The van der Waals surface area contributed by atoms with E-state index in [9.17, 15) is 0 Å². The topological polar surface area (TPSA) is 45.4 Å². The summed E-state index contributed by atoms with van der Waals surface area (Å²) in [5, 5.41) is 3.43. The Hall–Kier alpha value is -1.17. The van der Waals surface area contributed by atoms with Gasteiger partial charge in [-0.05, 0) is 24.4 Å². The molecule has 4 nitrogen and oxygen atoms in total. The number of piperazine rings is 1. The molecule has 1 unspecified atom stereocenters. The Labute approximate surface area is 117 Å². The third-order valence-electron chi connectivity index (χ3n) is 3.94. The maximum atomic E-state index is 5.74. The molecule has 5 heteroatoms. The molecule has 0 bridgehead atoms. The van der Waals surface area contributed by atoms with Crippen molar-refractivity contribution < 1.29 is 0 Å². The van der Waals surface area contributed by atoms with Gasteiger partial charge in [-0.2, -0.15) is 0 Å². The van der Waals surface area contributed by atoms with Crippen LogP contribution in [0.5, 0.6) is 0 Å². The summed E-state index contributed by atoms with van der Waals surface area (Å²) in [5.41, 5.74) is 5.74. The SMILES string of the molecule is CC(CN)N1CCN(c2nccc3sccc23)CC1. The predicted octanol–water partition coefficient (Wildman–Crippen LogP) is 1.77. The first-order valence-electron chi connectivity index (χ1n) is 6.81. The number of nitrogens with zero attached hydrogens (tertiary/aromatic N) is 3. The van der Waals surface area contributed by atoms with E-state index in [-0.39, 0.29) is 0 Å². The number of hydrogen-bond acceptors (Lipinski definition) is 5. The fraction of sp³-hybridized carbons (Fsp3) is 0.500. The molecule has 0 amide bonds. The highest BCUT2D eigenvalue weighted by atomic mass is 32.1. The van der Waals surface area contributed by atoms with Crippen LogP contribution in [-0.4, -0.2) is 48.6 Å². The van der Waals surface area contributed by atoms with Gasteiger partial charge in [-0.1, -0.05) is 0 Å². The molecule has 2 aromatic heterocycles. The van der Waals surface area contributed by atoms with Gasteiger partial charge in [0.2, 0.25) is 0 Å². The first-order valence-corrected chi connectivity index (χ1v) is 7.69. The van der Waals surface area contributed by atoms with Gasteiger partial charge in [0, 0.05) is 55.0 Å². The predicted molar refractivity (Wildman–Crippen MR) is 81.9 cm³/mol. The van der Waals surface area contributed by atoms with Crippen LogP contribution >= 0.6 is 11.3 Å². The highest BCUT2D eigenvalue weighted by Crippen LogP contribution is 2.29. The zero-order valence-electron chi connectivity index (χ0n) is 11.2. The lowest BCUT2D eigenvalue weighted by Crippen LogP contribution is -2.51. The number of anilines is 1. The highest BCUT2D eigenvalue weighted by Gasteiger charge is 2.22. The molecule has 0 radical (unpaired) electrons. The van der Waals surface area contributed by atoms with E-state index in [1.54, 1.807) is 11.3 Å². The van der Waals surface area contributed by atoms with Crippen LogP contribution in [0.15, 0.2) is 23.7 Å². The quantitative estimate of drug-likeness (QED) is 0.928. The standard InChI is InChI=1S/C14H20N4S/c1-11(10-15)17-5-7-18(8-6-17)14-12-3-9-19-13(12)2-4-16-14/h2-4,9,11H,5-8,10,15H2,1H3. The van der Waals surface area contributed by atoms with Crippen molar-refractivity contribution in [3.8, 4) is 0 Å². The van der Waals surface area contributed by atoms with Crippen LogP contribution in [0.3, 0.4) is 0 Å². The van der Waals surface area contributed by atoms with Crippen LogP contribution in [0.2, 0.25) is 0 Å². The Morgan fingerprint density at radius 3 is 2.84 bits per heavy atom. The fourth-order valence-electron chi connectivity index (χ4n) is 2.66. The monoisotopic (exact) mass is 276 g/mol. The molecule has 0 aromatic carbocycles. The maximum absolute atomic E-state index is 5.74. The van der Waals surface area contributed by atoms with Crippen LogP contribution < -0.4 is 10.6 Å².